The summed E-state index contributed by atoms with van der Waals surface area (Å²) in [5.74, 6) is -1.92. The van der Waals surface area contributed by atoms with Gasteiger partial charge in [0.1, 0.15) is 17.0 Å². The Hall–Kier alpha value is -2.76. The number of carbonyl (C=O) groups excluding carboxylic acids is 2. The van der Waals surface area contributed by atoms with Crippen LogP contribution in [0, 0.1) is 17.0 Å². The topological polar surface area (TPSA) is 58.2 Å². The molecule has 0 heterocycles. The summed E-state index contributed by atoms with van der Waals surface area (Å²) >= 11 is 0. The summed E-state index contributed by atoms with van der Waals surface area (Å²) in [7, 11) is 0. The number of halogens is 2. The zero-order chi connectivity index (χ0) is 17.7. The zero-order valence-electron chi connectivity index (χ0n) is 13.4. The van der Waals surface area contributed by atoms with Crippen molar-refractivity contribution in [3.63, 3.8) is 0 Å². The van der Waals surface area contributed by atoms with E-state index in [1.54, 1.807) is 18.2 Å². The molecule has 4 nitrogen and oxygen atoms in total. The minimum absolute atomic E-state index is 0.0151. The Morgan fingerprint density at radius 3 is 2.21 bits per heavy atom. The fraction of sp³-hybridized carbons (Fsp3) is 0.222. The van der Waals surface area contributed by atoms with Crippen LogP contribution in [-0.2, 0) is 16.1 Å². The lowest BCUT2D eigenvalue weighted by Crippen LogP contribution is -2.44. The SMILES string of the molecule is CC(C)(C(=O)NCc1ccccc1F)C(=O)Nc1ccc(F)cc1. The molecule has 0 aliphatic rings. The first-order valence-corrected chi connectivity index (χ1v) is 7.39. The third-order valence-electron chi connectivity index (χ3n) is 3.63. The lowest BCUT2D eigenvalue weighted by Gasteiger charge is -2.22. The van der Waals surface area contributed by atoms with Crippen LogP contribution in [0.4, 0.5) is 14.5 Å². The van der Waals surface area contributed by atoms with Crippen LogP contribution in [0.2, 0.25) is 0 Å². The van der Waals surface area contributed by atoms with Gasteiger partial charge >= 0.3 is 0 Å². The average molecular weight is 332 g/mol. The number of benzene rings is 2. The molecule has 0 unspecified atom stereocenters. The highest BCUT2D eigenvalue weighted by molar-refractivity contribution is 6.09. The predicted molar refractivity (Wildman–Crippen MR) is 87.1 cm³/mol. The quantitative estimate of drug-likeness (QED) is 0.826. The molecule has 0 aromatic heterocycles. The first-order chi connectivity index (χ1) is 11.3. The van der Waals surface area contributed by atoms with Gasteiger partial charge in [0.25, 0.3) is 0 Å². The predicted octanol–water partition coefficient (Wildman–Crippen LogP) is 3.25. The number of nitrogens with one attached hydrogen (secondary N) is 2. The second-order valence-electron chi connectivity index (χ2n) is 5.86. The van der Waals surface area contributed by atoms with Crippen molar-refractivity contribution in [3.05, 3.63) is 65.7 Å². The van der Waals surface area contributed by atoms with Gasteiger partial charge in [0, 0.05) is 17.8 Å². The fourth-order valence-corrected chi connectivity index (χ4v) is 1.96. The molecule has 2 rings (SSSR count). The maximum absolute atomic E-state index is 13.6. The van der Waals surface area contributed by atoms with Gasteiger partial charge in [-0.3, -0.25) is 9.59 Å². The van der Waals surface area contributed by atoms with Crippen molar-refractivity contribution >= 4 is 17.5 Å². The van der Waals surface area contributed by atoms with Crippen molar-refractivity contribution in [2.45, 2.75) is 20.4 Å². The highest BCUT2D eigenvalue weighted by atomic mass is 19.1. The molecule has 2 N–H and O–H groups in total. The lowest BCUT2D eigenvalue weighted by atomic mass is 9.90. The molecule has 126 valence electrons. The van der Waals surface area contributed by atoms with Crippen molar-refractivity contribution in [2.75, 3.05) is 5.32 Å². The van der Waals surface area contributed by atoms with Gasteiger partial charge < -0.3 is 10.6 Å². The summed E-state index contributed by atoms with van der Waals surface area (Å²) < 4.78 is 26.4. The van der Waals surface area contributed by atoms with E-state index >= 15 is 0 Å². The van der Waals surface area contributed by atoms with Crippen LogP contribution in [0.5, 0.6) is 0 Å². The first-order valence-electron chi connectivity index (χ1n) is 7.39. The highest BCUT2D eigenvalue weighted by Gasteiger charge is 2.36. The summed E-state index contributed by atoms with van der Waals surface area (Å²) in [5.41, 5.74) is -0.656. The number of hydrogen-bond acceptors (Lipinski definition) is 2. The van der Waals surface area contributed by atoms with Gasteiger partial charge in [-0.25, -0.2) is 8.78 Å². The fourth-order valence-electron chi connectivity index (χ4n) is 1.96. The van der Waals surface area contributed by atoms with E-state index in [4.69, 9.17) is 0 Å². The molecular formula is C18H18F2N2O2. The van der Waals surface area contributed by atoms with E-state index in [1.807, 2.05) is 0 Å². The number of hydrogen-bond donors (Lipinski definition) is 2. The Labute approximate surface area is 138 Å². The van der Waals surface area contributed by atoms with E-state index in [1.165, 1.54) is 44.2 Å². The maximum atomic E-state index is 13.6. The molecule has 2 aromatic carbocycles. The van der Waals surface area contributed by atoms with Crippen LogP contribution in [0.25, 0.3) is 0 Å². The molecule has 0 aliphatic heterocycles. The van der Waals surface area contributed by atoms with Crippen molar-refractivity contribution in [1.29, 1.82) is 0 Å². The Bertz CT molecular complexity index is 743. The monoisotopic (exact) mass is 332 g/mol. The van der Waals surface area contributed by atoms with Gasteiger partial charge in [-0.2, -0.15) is 0 Å². The molecule has 0 atom stereocenters. The minimum Gasteiger partial charge on any atom is -0.351 e. The number of carbonyl (C=O) groups is 2. The Balaban J connectivity index is 1.99. The van der Waals surface area contributed by atoms with Crippen LogP contribution in [-0.4, -0.2) is 11.8 Å². The summed E-state index contributed by atoms with van der Waals surface area (Å²) in [6.45, 7) is 2.91. The molecule has 0 spiro atoms. The number of amides is 2. The molecule has 0 radical (unpaired) electrons. The molecule has 0 saturated carbocycles. The summed E-state index contributed by atoms with van der Waals surface area (Å²) in [5, 5.41) is 5.12. The molecule has 0 saturated heterocycles. The van der Waals surface area contributed by atoms with E-state index in [9.17, 15) is 18.4 Å². The summed E-state index contributed by atoms with van der Waals surface area (Å²) in [6, 6.07) is 11.3. The Morgan fingerprint density at radius 2 is 1.58 bits per heavy atom. The van der Waals surface area contributed by atoms with Crippen molar-refractivity contribution < 1.29 is 18.4 Å². The van der Waals surface area contributed by atoms with Crippen molar-refractivity contribution in [2.24, 2.45) is 5.41 Å². The van der Waals surface area contributed by atoms with Crippen LogP contribution in [0.3, 0.4) is 0 Å². The Kier molecular flexibility index (Phi) is 5.28. The first kappa shape index (κ1) is 17.6. The second-order valence-corrected chi connectivity index (χ2v) is 5.86. The van der Waals surface area contributed by atoms with Gasteiger partial charge in [-0.1, -0.05) is 18.2 Å². The Morgan fingerprint density at radius 1 is 0.958 bits per heavy atom. The normalized spacial score (nSPS) is 11.0. The van der Waals surface area contributed by atoms with Gasteiger partial charge in [-0.05, 0) is 44.2 Å². The zero-order valence-corrected chi connectivity index (χ0v) is 13.4. The van der Waals surface area contributed by atoms with Crippen molar-refractivity contribution in [3.8, 4) is 0 Å². The van der Waals surface area contributed by atoms with E-state index in [0.29, 0.717) is 11.3 Å². The van der Waals surface area contributed by atoms with Crippen LogP contribution in [0.15, 0.2) is 48.5 Å². The third-order valence-corrected chi connectivity index (χ3v) is 3.63. The van der Waals surface area contributed by atoms with Crippen LogP contribution >= 0.6 is 0 Å². The van der Waals surface area contributed by atoms with Gasteiger partial charge in [0.2, 0.25) is 11.8 Å². The lowest BCUT2D eigenvalue weighted by molar-refractivity contribution is -0.138. The molecular weight excluding hydrogens is 314 g/mol. The van der Waals surface area contributed by atoms with Crippen molar-refractivity contribution in [1.82, 2.24) is 5.32 Å². The molecule has 0 fully saturated rings. The molecule has 0 aliphatic carbocycles. The van der Waals surface area contributed by atoms with Gasteiger partial charge in [0.15, 0.2) is 0 Å². The number of rotatable bonds is 5. The molecule has 0 bridgehead atoms. The average Bonchev–Trinajstić information content (AvgIpc) is 2.55. The van der Waals surface area contributed by atoms with Gasteiger partial charge in [-0.15, -0.1) is 0 Å². The van der Waals surface area contributed by atoms with E-state index in [-0.39, 0.29) is 6.54 Å². The molecule has 24 heavy (non-hydrogen) atoms. The minimum atomic E-state index is -1.38. The van der Waals surface area contributed by atoms with Crippen LogP contribution in [0.1, 0.15) is 19.4 Å². The molecule has 6 heteroatoms. The summed E-state index contributed by atoms with van der Waals surface area (Å²) in [6.07, 6.45) is 0. The number of anilines is 1. The highest BCUT2D eigenvalue weighted by Crippen LogP contribution is 2.20. The van der Waals surface area contributed by atoms with Crippen LogP contribution < -0.4 is 10.6 Å². The van der Waals surface area contributed by atoms with Gasteiger partial charge in [0.05, 0.1) is 0 Å². The van der Waals surface area contributed by atoms with E-state index in [2.05, 4.69) is 10.6 Å². The maximum Gasteiger partial charge on any atom is 0.239 e. The largest absolute Gasteiger partial charge is 0.351 e. The summed E-state index contributed by atoms with van der Waals surface area (Å²) in [4.78, 5) is 24.6. The van der Waals surface area contributed by atoms with E-state index < -0.39 is 28.9 Å². The van der Waals surface area contributed by atoms with E-state index in [0.717, 1.165) is 0 Å². The second kappa shape index (κ2) is 7.21. The third kappa shape index (κ3) is 4.16. The smallest absolute Gasteiger partial charge is 0.239 e. The standard InChI is InChI=1S/C18H18F2N2O2/c1-18(2,17(24)22-14-9-7-13(19)8-10-14)16(23)21-11-12-5-3-4-6-15(12)20/h3-10H,11H2,1-2H3,(H,21,23)(H,22,24). The molecule has 2 amide bonds. The molecule has 2 aromatic rings.